The predicted octanol–water partition coefficient (Wildman–Crippen LogP) is 2.19. The van der Waals surface area contributed by atoms with E-state index in [9.17, 15) is 13.2 Å². The number of hydrogen-bond donors (Lipinski definition) is 1. The summed E-state index contributed by atoms with van der Waals surface area (Å²) in [7, 11) is -3.77. The number of carbonyl (C=O) groups excluding carboxylic acids is 1. The smallest absolute Gasteiger partial charge is 0.241 e. The van der Waals surface area contributed by atoms with Gasteiger partial charge < -0.3 is 14.4 Å². The second-order valence-electron chi connectivity index (χ2n) is 7.59. The van der Waals surface area contributed by atoms with Gasteiger partial charge in [0.25, 0.3) is 0 Å². The van der Waals surface area contributed by atoms with E-state index in [-0.39, 0.29) is 17.6 Å². The van der Waals surface area contributed by atoms with Crippen molar-refractivity contribution < 1.29 is 22.7 Å². The first-order valence-electron chi connectivity index (χ1n) is 9.99. The molecule has 2 aliphatic heterocycles. The highest BCUT2D eigenvalue weighted by atomic mass is 79.9. The lowest BCUT2D eigenvalue weighted by Gasteiger charge is -2.36. The van der Waals surface area contributed by atoms with Crippen LogP contribution < -0.4 is 14.2 Å². The summed E-state index contributed by atoms with van der Waals surface area (Å²) in [6.07, 6.45) is 0. The molecule has 8 nitrogen and oxygen atoms in total. The Bertz CT molecular complexity index is 1050. The molecule has 1 atom stereocenters. The maximum atomic E-state index is 12.8. The number of amides is 1. The highest BCUT2D eigenvalue weighted by Crippen LogP contribution is 2.32. The summed E-state index contributed by atoms with van der Waals surface area (Å²) in [5.41, 5.74) is 1.12. The molecule has 1 fully saturated rings. The summed E-state index contributed by atoms with van der Waals surface area (Å²) >= 11 is 3.29. The fourth-order valence-electron chi connectivity index (χ4n) is 3.66. The standard InChI is InChI=1S/C21H24BrN3O5S/c1-15(23-31(27,28)18-5-3-17(22)4-6-18)21(26)25-10-8-24(9-11-25)13-16-2-7-19-20(12-16)30-14-29-19/h2-7,12,15,23H,8-11,13-14H2,1H3/t15-/m0/s1. The fraction of sp³-hybridized carbons (Fsp3) is 0.381. The van der Waals surface area contributed by atoms with Gasteiger partial charge in [-0.25, -0.2) is 8.42 Å². The molecule has 0 unspecified atom stereocenters. The first-order valence-corrected chi connectivity index (χ1v) is 12.3. The number of halogens is 1. The second-order valence-corrected chi connectivity index (χ2v) is 10.2. The lowest BCUT2D eigenvalue weighted by molar-refractivity contribution is -0.134. The highest BCUT2D eigenvalue weighted by molar-refractivity contribution is 9.10. The number of benzene rings is 2. The Hall–Kier alpha value is -2.14. The molecule has 0 aliphatic carbocycles. The highest BCUT2D eigenvalue weighted by Gasteiger charge is 2.28. The number of nitrogens with zero attached hydrogens (tertiary/aromatic N) is 2. The fourth-order valence-corrected chi connectivity index (χ4v) is 5.12. The first kappa shape index (κ1) is 22.1. The van der Waals surface area contributed by atoms with E-state index in [1.54, 1.807) is 24.0 Å². The largest absolute Gasteiger partial charge is 0.454 e. The topological polar surface area (TPSA) is 88.2 Å². The van der Waals surface area contributed by atoms with Crippen LogP contribution in [0.15, 0.2) is 51.8 Å². The predicted molar refractivity (Wildman–Crippen MR) is 118 cm³/mol. The Labute approximate surface area is 190 Å². The van der Waals surface area contributed by atoms with Gasteiger partial charge in [-0.15, -0.1) is 0 Å². The van der Waals surface area contributed by atoms with Gasteiger partial charge in [0.1, 0.15) is 0 Å². The zero-order valence-electron chi connectivity index (χ0n) is 17.1. The van der Waals surface area contributed by atoms with Gasteiger partial charge in [-0.2, -0.15) is 4.72 Å². The van der Waals surface area contributed by atoms with E-state index < -0.39 is 16.1 Å². The van der Waals surface area contributed by atoms with Crippen molar-refractivity contribution in [2.24, 2.45) is 0 Å². The number of hydrogen-bond acceptors (Lipinski definition) is 6. The van der Waals surface area contributed by atoms with Crippen molar-refractivity contribution in [3.8, 4) is 11.5 Å². The molecule has 31 heavy (non-hydrogen) atoms. The first-order chi connectivity index (χ1) is 14.8. The molecule has 2 heterocycles. The third kappa shape index (κ3) is 5.20. The molecule has 166 valence electrons. The van der Waals surface area contributed by atoms with E-state index in [0.717, 1.165) is 28.1 Å². The molecule has 1 amide bonds. The summed E-state index contributed by atoms with van der Waals surface area (Å²) in [5.74, 6) is 1.31. The monoisotopic (exact) mass is 509 g/mol. The van der Waals surface area contributed by atoms with E-state index in [4.69, 9.17) is 9.47 Å². The van der Waals surface area contributed by atoms with Crippen molar-refractivity contribution in [3.63, 3.8) is 0 Å². The lowest BCUT2D eigenvalue weighted by Crippen LogP contribution is -2.53. The van der Waals surface area contributed by atoms with Crippen molar-refractivity contribution in [2.45, 2.75) is 24.4 Å². The van der Waals surface area contributed by atoms with Crippen molar-refractivity contribution in [1.82, 2.24) is 14.5 Å². The average Bonchev–Trinajstić information content (AvgIpc) is 3.22. The third-order valence-electron chi connectivity index (χ3n) is 5.35. The second kappa shape index (κ2) is 9.15. The zero-order valence-corrected chi connectivity index (χ0v) is 19.5. The minimum Gasteiger partial charge on any atom is -0.454 e. The summed E-state index contributed by atoms with van der Waals surface area (Å²) < 4.78 is 39.2. The normalized spacial score (nSPS) is 17.5. The SMILES string of the molecule is C[C@H](NS(=O)(=O)c1ccc(Br)cc1)C(=O)N1CCN(Cc2ccc3c(c2)OCO3)CC1. The molecule has 4 rings (SSSR count). The van der Waals surface area contributed by atoms with Crippen LogP contribution >= 0.6 is 15.9 Å². The van der Waals surface area contributed by atoms with Crippen LogP contribution in [0.1, 0.15) is 12.5 Å². The van der Waals surface area contributed by atoms with E-state index >= 15 is 0 Å². The lowest BCUT2D eigenvalue weighted by atomic mass is 10.1. The van der Waals surface area contributed by atoms with Gasteiger partial charge >= 0.3 is 0 Å². The van der Waals surface area contributed by atoms with Gasteiger partial charge in [-0.05, 0) is 48.9 Å². The summed E-state index contributed by atoms with van der Waals surface area (Å²) in [6, 6.07) is 11.4. The van der Waals surface area contributed by atoms with Crippen LogP contribution in [0, 0.1) is 0 Å². The summed E-state index contributed by atoms with van der Waals surface area (Å²) in [5, 5.41) is 0. The summed E-state index contributed by atoms with van der Waals surface area (Å²) in [6.45, 7) is 5.12. The van der Waals surface area contributed by atoms with Gasteiger partial charge in [0.05, 0.1) is 10.9 Å². The minimum atomic E-state index is -3.77. The van der Waals surface area contributed by atoms with E-state index in [2.05, 4.69) is 25.6 Å². The molecule has 1 N–H and O–H groups in total. The van der Waals surface area contributed by atoms with E-state index in [1.807, 2.05) is 18.2 Å². The molecule has 0 aromatic heterocycles. The van der Waals surface area contributed by atoms with Gasteiger partial charge in [0, 0.05) is 37.2 Å². The number of fused-ring (bicyclic) bond motifs is 1. The molecule has 0 bridgehead atoms. The van der Waals surface area contributed by atoms with Crippen LogP contribution in [0.2, 0.25) is 0 Å². The molecular formula is C21H24BrN3O5S. The molecular weight excluding hydrogens is 486 g/mol. The Morgan fingerprint density at radius 3 is 2.45 bits per heavy atom. The molecule has 1 saturated heterocycles. The molecule has 2 aromatic rings. The molecule has 10 heteroatoms. The third-order valence-corrected chi connectivity index (χ3v) is 7.44. The van der Waals surface area contributed by atoms with Crippen LogP contribution in [0.5, 0.6) is 11.5 Å². The number of nitrogens with one attached hydrogen (secondary N) is 1. The molecule has 0 saturated carbocycles. The number of carbonyl (C=O) groups is 1. The molecule has 2 aromatic carbocycles. The maximum absolute atomic E-state index is 12.8. The Kier molecular flexibility index (Phi) is 6.52. The number of rotatable bonds is 6. The van der Waals surface area contributed by atoms with Crippen LogP contribution in [0.25, 0.3) is 0 Å². The number of sulfonamides is 1. The quantitative estimate of drug-likeness (QED) is 0.641. The Morgan fingerprint density at radius 2 is 1.74 bits per heavy atom. The minimum absolute atomic E-state index is 0.129. The number of ether oxygens (including phenoxy) is 2. The van der Waals surface area contributed by atoms with Gasteiger partial charge in [0.2, 0.25) is 22.7 Å². The Balaban J connectivity index is 1.30. The van der Waals surface area contributed by atoms with Crippen LogP contribution in [0.4, 0.5) is 0 Å². The van der Waals surface area contributed by atoms with Gasteiger partial charge in [-0.3, -0.25) is 9.69 Å². The van der Waals surface area contributed by atoms with E-state index in [0.29, 0.717) is 26.2 Å². The van der Waals surface area contributed by atoms with Gasteiger partial charge in [0.15, 0.2) is 11.5 Å². The average molecular weight is 510 g/mol. The molecule has 2 aliphatic rings. The summed E-state index contributed by atoms with van der Waals surface area (Å²) in [4.78, 5) is 16.9. The van der Waals surface area contributed by atoms with Crippen molar-refractivity contribution in [3.05, 3.63) is 52.5 Å². The van der Waals surface area contributed by atoms with Crippen molar-refractivity contribution in [2.75, 3.05) is 33.0 Å². The zero-order chi connectivity index (χ0) is 22.0. The van der Waals surface area contributed by atoms with Gasteiger partial charge in [-0.1, -0.05) is 22.0 Å². The van der Waals surface area contributed by atoms with Crippen molar-refractivity contribution >= 4 is 31.9 Å². The van der Waals surface area contributed by atoms with Crippen LogP contribution in [-0.2, 0) is 21.4 Å². The molecule has 0 spiro atoms. The number of piperazine rings is 1. The Morgan fingerprint density at radius 1 is 1.06 bits per heavy atom. The van der Waals surface area contributed by atoms with Crippen molar-refractivity contribution in [1.29, 1.82) is 0 Å². The maximum Gasteiger partial charge on any atom is 0.241 e. The van der Waals surface area contributed by atoms with E-state index in [1.165, 1.54) is 12.1 Å². The molecule has 0 radical (unpaired) electrons. The van der Waals surface area contributed by atoms with Crippen LogP contribution in [0.3, 0.4) is 0 Å². The van der Waals surface area contributed by atoms with Crippen LogP contribution in [-0.4, -0.2) is 63.1 Å².